The maximum Gasteiger partial charge on any atom is 0.183 e. The minimum Gasteiger partial charge on any atom is -0.303 e. The van der Waals surface area contributed by atoms with Gasteiger partial charge in [-0.05, 0) is 67.5 Å². The highest BCUT2D eigenvalue weighted by molar-refractivity contribution is 9.10. The topological polar surface area (TPSA) is 33.2 Å². The van der Waals surface area contributed by atoms with Crippen molar-refractivity contribution in [2.24, 2.45) is 11.8 Å². The van der Waals surface area contributed by atoms with E-state index in [0.717, 1.165) is 27.0 Å². The van der Waals surface area contributed by atoms with Crippen molar-refractivity contribution in [3.63, 3.8) is 0 Å². The molecular weight excluding hydrogens is 348 g/mol. The molecule has 110 valence electrons. The molecule has 0 amide bonds. The smallest absolute Gasteiger partial charge is 0.183 e. The van der Waals surface area contributed by atoms with Crippen molar-refractivity contribution in [1.82, 2.24) is 9.27 Å². The summed E-state index contributed by atoms with van der Waals surface area (Å²) in [6, 6.07) is 6.05. The Balaban J connectivity index is 1.57. The summed E-state index contributed by atoms with van der Waals surface area (Å²) in [5.74, 6) is 1.50. The molecule has 3 nitrogen and oxygen atoms in total. The monoisotopic (exact) mass is 364 g/mol. The predicted octanol–water partition coefficient (Wildman–Crippen LogP) is 3.97. The number of benzene rings is 1. The highest BCUT2D eigenvalue weighted by atomic mass is 79.9. The second-order valence-corrected chi connectivity index (χ2v) is 7.92. The number of piperidine rings is 3. The molecule has 3 aliphatic rings. The normalized spacial score (nSPS) is 28.1. The van der Waals surface area contributed by atoms with Crippen LogP contribution in [-0.4, -0.2) is 34.7 Å². The van der Waals surface area contributed by atoms with Gasteiger partial charge in [0.15, 0.2) is 5.78 Å². The van der Waals surface area contributed by atoms with E-state index in [1.165, 1.54) is 37.5 Å². The maximum absolute atomic E-state index is 12.7. The van der Waals surface area contributed by atoms with Crippen LogP contribution in [-0.2, 0) is 0 Å². The van der Waals surface area contributed by atoms with E-state index in [1.807, 2.05) is 18.2 Å². The Hall–Kier alpha value is -0.780. The van der Waals surface area contributed by atoms with Crippen molar-refractivity contribution in [3.8, 4) is 0 Å². The van der Waals surface area contributed by atoms with Gasteiger partial charge in [0.1, 0.15) is 5.69 Å². The number of hydrogen-bond donors (Lipinski definition) is 0. The number of fused-ring (bicyclic) bond motifs is 4. The quantitative estimate of drug-likeness (QED) is 0.772. The van der Waals surface area contributed by atoms with Gasteiger partial charge in [-0.15, -0.1) is 0 Å². The van der Waals surface area contributed by atoms with E-state index >= 15 is 0 Å². The van der Waals surface area contributed by atoms with Crippen molar-refractivity contribution >= 4 is 43.3 Å². The zero-order chi connectivity index (χ0) is 14.4. The van der Waals surface area contributed by atoms with E-state index in [-0.39, 0.29) is 5.78 Å². The Kier molecular flexibility index (Phi) is 3.59. The van der Waals surface area contributed by atoms with Crippen molar-refractivity contribution in [2.45, 2.75) is 19.3 Å². The van der Waals surface area contributed by atoms with Crippen LogP contribution in [0.4, 0.5) is 0 Å². The summed E-state index contributed by atoms with van der Waals surface area (Å²) in [5, 5.41) is 1.00. The van der Waals surface area contributed by atoms with Crippen molar-refractivity contribution < 1.29 is 4.79 Å². The highest BCUT2D eigenvalue weighted by Gasteiger charge is 2.35. The van der Waals surface area contributed by atoms with E-state index < -0.39 is 0 Å². The Labute approximate surface area is 136 Å². The summed E-state index contributed by atoms with van der Waals surface area (Å²) in [6.07, 6.45) is 3.19. The van der Waals surface area contributed by atoms with Crippen molar-refractivity contribution in [1.29, 1.82) is 0 Å². The minimum atomic E-state index is 0.220. The van der Waals surface area contributed by atoms with Gasteiger partial charge in [-0.25, -0.2) is 0 Å². The van der Waals surface area contributed by atoms with Crippen LogP contribution >= 0.6 is 27.5 Å². The number of carbonyl (C=O) groups is 1. The van der Waals surface area contributed by atoms with Crippen LogP contribution in [0.3, 0.4) is 0 Å². The van der Waals surface area contributed by atoms with Gasteiger partial charge >= 0.3 is 0 Å². The number of halogens is 1. The fourth-order valence-electron chi connectivity index (χ4n) is 3.77. The van der Waals surface area contributed by atoms with Gasteiger partial charge in [0.25, 0.3) is 0 Å². The Morgan fingerprint density at radius 3 is 2.90 bits per heavy atom. The average molecular weight is 365 g/mol. The molecule has 1 atom stereocenters. The molecule has 0 radical (unpaired) electrons. The third-order valence-electron chi connectivity index (χ3n) is 4.94. The van der Waals surface area contributed by atoms with E-state index in [9.17, 15) is 4.79 Å². The van der Waals surface area contributed by atoms with Crippen LogP contribution in [0.1, 0.15) is 29.8 Å². The minimum absolute atomic E-state index is 0.220. The lowest BCUT2D eigenvalue weighted by molar-refractivity contribution is 0.0440. The standard InChI is InChI=1S/C16H17BrN2OS/c17-12-1-2-15-13(8-12)16(18-21-15)14(20)7-11-9-19-5-3-10(11)4-6-19/h1-2,8,10-11H,3-7,9H2/t11-/m0/s1. The molecule has 3 saturated heterocycles. The molecule has 4 heterocycles. The summed E-state index contributed by atoms with van der Waals surface area (Å²) in [4.78, 5) is 15.2. The molecule has 5 rings (SSSR count). The molecule has 0 spiro atoms. The Morgan fingerprint density at radius 1 is 1.38 bits per heavy atom. The van der Waals surface area contributed by atoms with Crippen LogP contribution in [0.5, 0.6) is 0 Å². The molecule has 1 aromatic heterocycles. The number of aromatic nitrogens is 1. The fourth-order valence-corrected chi connectivity index (χ4v) is 4.90. The number of ketones is 1. The predicted molar refractivity (Wildman–Crippen MR) is 88.9 cm³/mol. The van der Waals surface area contributed by atoms with Crippen LogP contribution in [0.2, 0.25) is 0 Å². The lowest BCUT2D eigenvalue weighted by atomic mass is 9.76. The number of Topliss-reactive ketones (excluding diaryl/α,β-unsaturated/α-hetero) is 1. The third-order valence-corrected chi connectivity index (χ3v) is 6.26. The van der Waals surface area contributed by atoms with Crippen LogP contribution in [0.25, 0.3) is 10.1 Å². The fraction of sp³-hybridized carbons (Fsp3) is 0.500. The number of carbonyl (C=O) groups excluding carboxylic acids is 1. The van der Waals surface area contributed by atoms with E-state index in [0.29, 0.717) is 18.0 Å². The first-order valence-electron chi connectivity index (χ1n) is 7.51. The van der Waals surface area contributed by atoms with Gasteiger partial charge in [-0.2, -0.15) is 4.37 Å². The summed E-state index contributed by atoms with van der Waals surface area (Å²) >= 11 is 4.91. The molecule has 21 heavy (non-hydrogen) atoms. The maximum atomic E-state index is 12.7. The molecular formula is C16H17BrN2OS. The van der Waals surface area contributed by atoms with Gasteiger partial charge in [0.2, 0.25) is 0 Å². The summed E-state index contributed by atoms with van der Waals surface area (Å²) in [7, 11) is 0. The molecule has 2 bridgehead atoms. The second-order valence-electron chi connectivity index (χ2n) is 6.20. The van der Waals surface area contributed by atoms with Gasteiger partial charge in [0, 0.05) is 22.8 Å². The molecule has 3 fully saturated rings. The lowest BCUT2D eigenvalue weighted by Gasteiger charge is -2.44. The Morgan fingerprint density at radius 2 is 2.19 bits per heavy atom. The molecule has 3 aliphatic heterocycles. The molecule has 0 unspecified atom stereocenters. The SMILES string of the molecule is O=C(C[C@H]1CN2CCC1CC2)c1nsc2ccc(Br)cc12. The van der Waals surface area contributed by atoms with Gasteiger partial charge in [0.05, 0.1) is 4.70 Å². The first-order chi connectivity index (χ1) is 10.2. The molecule has 1 aromatic carbocycles. The van der Waals surface area contributed by atoms with E-state index in [1.54, 1.807) is 0 Å². The summed E-state index contributed by atoms with van der Waals surface area (Å²) < 4.78 is 6.52. The van der Waals surface area contributed by atoms with Crippen molar-refractivity contribution in [2.75, 3.05) is 19.6 Å². The summed E-state index contributed by atoms with van der Waals surface area (Å²) in [5.41, 5.74) is 0.674. The molecule has 0 aliphatic carbocycles. The van der Waals surface area contributed by atoms with Gasteiger partial charge in [-0.1, -0.05) is 15.9 Å². The molecule has 0 saturated carbocycles. The van der Waals surface area contributed by atoms with E-state index in [4.69, 9.17) is 0 Å². The molecule has 2 aromatic rings. The largest absolute Gasteiger partial charge is 0.303 e. The molecule has 0 N–H and O–H groups in total. The first-order valence-corrected chi connectivity index (χ1v) is 9.08. The first kappa shape index (κ1) is 13.9. The Bertz CT molecular complexity index is 691. The average Bonchev–Trinajstić information content (AvgIpc) is 2.91. The van der Waals surface area contributed by atoms with Crippen LogP contribution < -0.4 is 0 Å². The highest BCUT2D eigenvalue weighted by Crippen LogP contribution is 2.36. The second kappa shape index (κ2) is 5.45. The lowest BCUT2D eigenvalue weighted by Crippen LogP contribution is -2.47. The molecule has 5 heteroatoms. The van der Waals surface area contributed by atoms with Gasteiger partial charge < -0.3 is 4.90 Å². The zero-order valence-electron chi connectivity index (χ0n) is 11.7. The third kappa shape index (κ3) is 2.56. The van der Waals surface area contributed by atoms with Gasteiger partial charge in [-0.3, -0.25) is 4.79 Å². The van der Waals surface area contributed by atoms with Crippen LogP contribution in [0.15, 0.2) is 22.7 Å². The number of hydrogen-bond acceptors (Lipinski definition) is 4. The number of rotatable bonds is 3. The van der Waals surface area contributed by atoms with Crippen LogP contribution in [0, 0.1) is 11.8 Å². The van der Waals surface area contributed by atoms with Crippen molar-refractivity contribution in [3.05, 3.63) is 28.4 Å². The summed E-state index contributed by atoms with van der Waals surface area (Å²) in [6.45, 7) is 3.55. The van der Waals surface area contributed by atoms with E-state index in [2.05, 4.69) is 25.2 Å². The zero-order valence-corrected chi connectivity index (χ0v) is 14.1. The number of nitrogens with zero attached hydrogens (tertiary/aromatic N) is 2.